The van der Waals surface area contributed by atoms with Crippen LogP contribution >= 0.6 is 11.6 Å². The minimum Gasteiger partial charge on any atom is -0.457 e. The number of hydrogen-bond acceptors (Lipinski definition) is 6. The molecule has 3 aromatic rings. The van der Waals surface area contributed by atoms with Crippen molar-refractivity contribution in [2.75, 3.05) is 5.32 Å². The molecule has 0 saturated heterocycles. The number of rotatable bonds is 6. The molecule has 0 radical (unpaired) electrons. The van der Waals surface area contributed by atoms with Crippen molar-refractivity contribution in [3.05, 3.63) is 80.5 Å². The number of hydrogen-bond donors (Lipinski definition) is 3. The molecule has 32 heavy (non-hydrogen) atoms. The first-order valence-electron chi connectivity index (χ1n) is 8.97. The normalized spacial score (nSPS) is 12.5. The Morgan fingerprint density at radius 2 is 1.94 bits per heavy atom. The summed E-state index contributed by atoms with van der Waals surface area (Å²) < 4.78 is 59.8. The molecule has 0 fully saturated rings. The molecule has 1 aromatic heterocycles. The standard InChI is InChI=1S/C20H16ClF4N3O4/c1-10-4-11(22)2-3-16(10)32-17-7-14(20(23,24)25)15(21)6-13(17)19(31)27-12-5-18(30)28(9-29)26-8-12/h2-8,19,27,29,31H,9H2,1H3. The van der Waals surface area contributed by atoms with Crippen molar-refractivity contribution in [1.29, 1.82) is 0 Å². The number of nitrogens with zero attached hydrogens (tertiary/aromatic N) is 2. The fourth-order valence-corrected chi connectivity index (χ4v) is 3.07. The van der Waals surface area contributed by atoms with E-state index in [4.69, 9.17) is 21.4 Å². The zero-order chi connectivity index (χ0) is 23.6. The van der Waals surface area contributed by atoms with Crippen LogP contribution in [0.15, 0.2) is 47.4 Å². The minimum atomic E-state index is -4.80. The van der Waals surface area contributed by atoms with E-state index in [1.54, 1.807) is 0 Å². The molecule has 1 atom stereocenters. The van der Waals surface area contributed by atoms with Crippen LogP contribution in [0.2, 0.25) is 5.02 Å². The molecule has 0 spiro atoms. The molecule has 3 N–H and O–H groups in total. The van der Waals surface area contributed by atoms with Gasteiger partial charge in [-0.15, -0.1) is 0 Å². The molecule has 0 aliphatic carbocycles. The van der Waals surface area contributed by atoms with Crippen molar-refractivity contribution in [1.82, 2.24) is 9.78 Å². The van der Waals surface area contributed by atoms with Gasteiger partial charge >= 0.3 is 6.18 Å². The summed E-state index contributed by atoms with van der Waals surface area (Å²) in [6.07, 6.45) is -5.35. The predicted octanol–water partition coefficient (Wildman–Crippen LogP) is 4.21. The van der Waals surface area contributed by atoms with Crippen LogP contribution in [0, 0.1) is 12.7 Å². The summed E-state index contributed by atoms with van der Waals surface area (Å²) in [6, 6.07) is 5.94. The quantitative estimate of drug-likeness (QED) is 0.366. The van der Waals surface area contributed by atoms with Crippen molar-refractivity contribution in [2.24, 2.45) is 0 Å². The highest BCUT2D eigenvalue weighted by atomic mass is 35.5. The lowest BCUT2D eigenvalue weighted by Crippen LogP contribution is -2.23. The van der Waals surface area contributed by atoms with Crippen LogP contribution in [0.4, 0.5) is 23.2 Å². The van der Waals surface area contributed by atoms with Crippen molar-refractivity contribution in [2.45, 2.75) is 26.1 Å². The van der Waals surface area contributed by atoms with Gasteiger partial charge in [-0.1, -0.05) is 11.6 Å². The molecule has 7 nitrogen and oxygen atoms in total. The number of anilines is 1. The van der Waals surface area contributed by atoms with Crippen LogP contribution in [0.5, 0.6) is 11.5 Å². The summed E-state index contributed by atoms with van der Waals surface area (Å²) in [5.74, 6) is -0.899. The van der Waals surface area contributed by atoms with E-state index in [1.807, 2.05) is 0 Å². The minimum absolute atomic E-state index is 0.0205. The SMILES string of the molecule is Cc1cc(F)ccc1Oc1cc(C(F)(F)F)c(Cl)cc1C(O)Nc1cnn(CO)c(=O)c1. The molecular weight excluding hydrogens is 458 g/mol. The molecule has 2 aromatic carbocycles. The second-order valence-corrected chi connectivity index (χ2v) is 7.06. The maximum atomic E-state index is 13.4. The van der Waals surface area contributed by atoms with Crippen molar-refractivity contribution in [3.8, 4) is 11.5 Å². The Bertz CT molecular complexity index is 1200. The van der Waals surface area contributed by atoms with Gasteiger partial charge in [-0.3, -0.25) is 4.79 Å². The van der Waals surface area contributed by atoms with E-state index in [9.17, 15) is 27.5 Å². The molecule has 1 unspecified atom stereocenters. The first kappa shape index (κ1) is 23.5. The highest BCUT2D eigenvalue weighted by molar-refractivity contribution is 6.31. The lowest BCUT2D eigenvalue weighted by Gasteiger charge is -2.21. The third kappa shape index (κ3) is 5.18. The fraction of sp³-hybridized carbons (Fsp3) is 0.200. The molecule has 1 heterocycles. The van der Waals surface area contributed by atoms with Gasteiger partial charge in [0.25, 0.3) is 5.56 Å². The topological polar surface area (TPSA) is 96.6 Å². The van der Waals surface area contributed by atoms with Gasteiger partial charge in [0, 0.05) is 11.6 Å². The third-order valence-electron chi connectivity index (χ3n) is 4.36. The summed E-state index contributed by atoms with van der Waals surface area (Å²) in [5, 5.41) is 25.1. The number of aromatic nitrogens is 2. The Morgan fingerprint density at radius 1 is 1.22 bits per heavy atom. The second-order valence-electron chi connectivity index (χ2n) is 6.65. The number of halogens is 5. The number of aliphatic hydroxyl groups is 2. The number of ether oxygens (including phenoxy) is 1. The summed E-state index contributed by atoms with van der Waals surface area (Å²) in [4.78, 5) is 11.8. The van der Waals surface area contributed by atoms with Gasteiger partial charge in [-0.25, -0.2) is 9.07 Å². The fourth-order valence-electron chi connectivity index (χ4n) is 2.79. The van der Waals surface area contributed by atoms with E-state index in [-0.39, 0.29) is 17.0 Å². The Labute approximate surface area is 183 Å². The van der Waals surface area contributed by atoms with Gasteiger partial charge in [-0.2, -0.15) is 18.3 Å². The van der Waals surface area contributed by atoms with Crippen LogP contribution in [0.3, 0.4) is 0 Å². The van der Waals surface area contributed by atoms with Crippen LogP contribution in [0.25, 0.3) is 0 Å². The molecule has 0 aliphatic rings. The molecule has 0 aliphatic heterocycles. The van der Waals surface area contributed by atoms with E-state index in [0.29, 0.717) is 11.6 Å². The third-order valence-corrected chi connectivity index (χ3v) is 4.68. The Morgan fingerprint density at radius 3 is 2.53 bits per heavy atom. The number of aliphatic hydroxyl groups excluding tert-OH is 2. The number of aryl methyl sites for hydroxylation is 1. The van der Waals surface area contributed by atoms with E-state index in [0.717, 1.165) is 35.1 Å². The largest absolute Gasteiger partial charge is 0.457 e. The molecule has 3 rings (SSSR count). The average Bonchev–Trinajstić information content (AvgIpc) is 2.70. The molecular formula is C20H16ClF4N3O4. The average molecular weight is 474 g/mol. The van der Waals surface area contributed by atoms with Crippen LogP contribution < -0.4 is 15.6 Å². The van der Waals surface area contributed by atoms with Gasteiger partial charge in [0.2, 0.25) is 0 Å². The van der Waals surface area contributed by atoms with Gasteiger partial charge in [-0.05, 0) is 42.8 Å². The zero-order valence-electron chi connectivity index (χ0n) is 16.3. The van der Waals surface area contributed by atoms with Crippen molar-refractivity contribution >= 4 is 17.3 Å². The predicted molar refractivity (Wildman–Crippen MR) is 107 cm³/mol. The Balaban J connectivity index is 2.03. The van der Waals surface area contributed by atoms with Crippen LogP contribution in [-0.2, 0) is 12.9 Å². The number of nitrogens with one attached hydrogen (secondary N) is 1. The smallest absolute Gasteiger partial charge is 0.417 e. The lowest BCUT2D eigenvalue weighted by atomic mass is 10.1. The first-order valence-corrected chi connectivity index (χ1v) is 9.34. The molecule has 0 bridgehead atoms. The summed E-state index contributed by atoms with van der Waals surface area (Å²) in [7, 11) is 0. The molecule has 0 saturated carbocycles. The summed E-state index contributed by atoms with van der Waals surface area (Å²) in [5.41, 5.74) is -1.74. The van der Waals surface area contributed by atoms with Gasteiger partial charge in [0.05, 0.1) is 22.5 Å². The zero-order valence-corrected chi connectivity index (χ0v) is 17.1. The molecule has 170 valence electrons. The van der Waals surface area contributed by atoms with Gasteiger partial charge in [0.1, 0.15) is 24.0 Å². The van der Waals surface area contributed by atoms with Gasteiger partial charge in [0.15, 0.2) is 6.23 Å². The number of benzene rings is 2. The van der Waals surface area contributed by atoms with E-state index in [2.05, 4.69) is 10.4 Å². The van der Waals surface area contributed by atoms with Crippen LogP contribution in [0.1, 0.15) is 22.9 Å². The summed E-state index contributed by atoms with van der Waals surface area (Å²) >= 11 is 5.80. The second kappa shape index (κ2) is 9.15. The highest BCUT2D eigenvalue weighted by Crippen LogP contribution is 2.42. The van der Waals surface area contributed by atoms with Crippen molar-refractivity contribution in [3.63, 3.8) is 0 Å². The van der Waals surface area contributed by atoms with Crippen molar-refractivity contribution < 1.29 is 32.5 Å². The van der Waals surface area contributed by atoms with Gasteiger partial charge < -0.3 is 20.3 Å². The lowest BCUT2D eigenvalue weighted by molar-refractivity contribution is -0.137. The molecule has 12 heteroatoms. The first-order chi connectivity index (χ1) is 15.0. The Hall–Kier alpha value is -3.15. The monoisotopic (exact) mass is 473 g/mol. The van der Waals surface area contributed by atoms with E-state index in [1.165, 1.54) is 13.0 Å². The maximum Gasteiger partial charge on any atom is 0.417 e. The summed E-state index contributed by atoms with van der Waals surface area (Å²) in [6.45, 7) is 0.834. The molecule has 0 amide bonds. The van der Waals surface area contributed by atoms with Crippen LogP contribution in [-0.4, -0.2) is 20.0 Å². The van der Waals surface area contributed by atoms with E-state index >= 15 is 0 Å². The number of alkyl halides is 3. The maximum absolute atomic E-state index is 13.4. The highest BCUT2D eigenvalue weighted by Gasteiger charge is 2.35. The Kier molecular flexibility index (Phi) is 6.72. The van der Waals surface area contributed by atoms with E-state index < -0.39 is 46.8 Å².